The summed E-state index contributed by atoms with van der Waals surface area (Å²) in [5, 5.41) is 72.1. The summed E-state index contributed by atoms with van der Waals surface area (Å²) in [6, 6.07) is 0. The van der Waals surface area contributed by atoms with Gasteiger partial charge in [0.25, 0.3) is 0 Å². The van der Waals surface area contributed by atoms with Crippen LogP contribution in [0.4, 0.5) is 0 Å². The molecule has 0 saturated carbocycles. The number of rotatable bonds is 38. The van der Waals surface area contributed by atoms with E-state index in [1.54, 1.807) is 0 Å². The highest BCUT2D eigenvalue weighted by atomic mass is 16.7. The number of carbonyl (C=O) groups excluding carboxylic acids is 2. The summed E-state index contributed by atoms with van der Waals surface area (Å²) in [7, 11) is 0. The maximum atomic E-state index is 13.0. The number of hydrogen-bond acceptors (Lipinski definition) is 15. The van der Waals surface area contributed by atoms with E-state index in [0.717, 1.165) is 89.9 Å². The number of ether oxygens (including phenoxy) is 6. The Morgan fingerprint density at radius 2 is 0.912 bits per heavy atom. The average molecular weight is 965 g/mol. The maximum Gasteiger partial charge on any atom is 0.306 e. The summed E-state index contributed by atoms with van der Waals surface area (Å²) < 4.78 is 33.5. The normalized spacial score (nSPS) is 26.4. The zero-order valence-electron chi connectivity index (χ0n) is 41.1. The molecule has 0 spiro atoms. The number of carbonyl (C=O) groups is 2. The van der Waals surface area contributed by atoms with Crippen molar-refractivity contribution in [3.8, 4) is 0 Å². The monoisotopic (exact) mass is 965 g/mol. The first-order valence-electron chi connectivity index (χ1n) is 25.5. The summed E-state index contributed by atoms with van der Waals surface area (Å²) in [6.45, 7) is 2.43. The van der Waals surface area contributed by atoms with Crippen LogP contribution in [0.2, 0.25) is 0 Å². The zero-order valence-corrected chi connectivity index (χ0v) is 41.1. The van der Waals surface area contributed by atoms with E-state index >= 15 is 0 Å². The number of unbranched alkanes of at least 4 members (excludes halogenated alkanes) is 12. The Morgan fingerprint density at radius 3 is 1.46 bits per heavy atom. The number of esters is 2. The van der Waals surface area contributed by atoms with Gasteiger partial charge >= 0.3 is 11.9 Å². The van der Waals surface area contributed by atoms with Crippen molar-refractivity contribution in [3.63, 3.8) is 0 Å². The second-order valence-corrected chi connectivity index (χ2v) is 17.6. The van der Waals surface area contributed by atoms with Crippen molar-refractivity contribution in [2.75, 3.05) is 26.4 Å². The van der Waals surface area contributed by atoms with Crippen LogP contribution < -0.4 is 0 Å². The molecule has 2 rings (SSSR count). The van der Waals surface area contributed by atoms with E-state index in [2.05, 4.69) is 86.8 Å². The SMILES string of the molecule is CCC/C=C/C/C=C/C/C=C/C/C=C/CCCCCC(=O)O[C@H](COC(=O)CCCCCCC/C=C/C/C=C/CCCCC)CO[C@H]1O[C@@H](CO[C@H]2O[C@@H](CO)[C@@H](O)C(O)C2O)[C@@H](O)C(O)C1O. The molecule has 0 aromatic heterocycles. The van der Waals surface area contributed by atoms with Gasteiger partial charge in [-0.3, -0.25) is 9.59 Å². The summed E-state index contributed by atoms with van der Waals surface area (Å²) in [5.74, 6) is -0.984. The molecule has 0 aliphatic carbocycles. The van der Waals surface area contributed by atoms with Gasteiger partial charge in [-0.2, -0.15) is 0 Å². The number of allylic oxidation sites excluding steroid dienone is 12. The molecule has 0 aromatic rings. The van der Waals surface area contributed by atoms with Crippen LogP contribution in [0, 0.1) is 0 Å². The highest BCUT2D eigenvalue weighted by Gasteiger charge is 2.47. The fourth-order valence-corrected chi connectivity index (χ4v) is 7.41. The van der Waals surface area contributed by atoms with Crippen molar-refractivity contribution in [1.82, 2.24) is 0 Å². The van der Waals surface area contributed by atoms with Crippen molar-refractivity contribution in [2.45, 2.75) is 223 Å². The van der Waals surface area contributed by atoms with Crippen molar-refractivity contribution in [2.24, 2.45) is 0 Å². The van der Waals surface area contributed by atoms with Crippen molar-refractivity contribution in [1.29, 1.82) is 0 Å². The van der Waals surface area contributed by atoms with Gasteiger partial charge in [0, 0.05) is 12.8 Å². The largest absolute Gasteiger partial charge is 0.462 e. The van der Waals surface area contributed by atoms with Crippen LogP contribution in [-0.4, -0.2) is 142 Å². The molecule has 15 nitrogen and oxygen atoms in total. The van der Waals surface area contributed by atoms with Gasteiger partial charge in [-0.1, -0.05) is 132 Å². The van der Waals surface area contributed by atoms with Crippen molar-refractivity contribution >= 4 is 11.9 Å². The first-order valence-corrected chi connectivity index (χ1v) is 25.5. The third-order valence-electron chi connectivity index (χ3n) is 11.6. The number of aliphatic hydroxyl groups excluding tert-OH is 7. The van der Waals surface area contributed by atoms with E-state index in [-0.39, 0.29) is 19.4 Å². The second-order valence-electron chi connectivity index (χ2n) is 17.6. The molecule has 0 amide bonds. The first kappa shape index (κ1) is 61.1. The minimum atomic E-state index is -1.78. The molecule has 15 heteroatoms. The van der Waals surface area contributed by atoms with Crippen molar-refractivity contribution < 1.29 is 73.8 Å². The van der Waals surface area contributed by atoms with Crippen LogP contribution in [0.15, 0.2) is 72.9 Å². The topological polar surface area (TPSA) is 231 Å². The van der Waals surface area contributed by atoms with E-state index < -0.39 is 99.3 Å². The molecule has 11 atom stereocenters. The lowest BCUT2D eigenvalue weighted by atomic mass is 9.98. The number of aliphatic hydroxyl groups is 7. The van der Waals surface area contributed by atoms with E-state index in [0.29, 0.717) is 12.8 Å². The Hall–Kier alpha value is -3.06. The maximum absolute atomic E-state index is 13.0. The van der Waals surface area contributed by atoms with Gasteiger partial charge in [0.05, 0.1) is 19.8 Å². The van der Waals surface area contributed by atoms with E-state index in [9.17, 15) is 45.3 Å². The van der Waals surface area contributed by atoms with Gasteiger partial charge in [-0.25, -0.2) is 0 Å². The molecule has 0 bridgehead atoms. The van der Waals surface area contributed by atoms with Crippen LogP contribution in [-0.2, 0) is 38.0 Å². The lowest BCUT2D eigenvalue weighted by Crippen LogP contribution is -2.61. The molecule has 0 radical (unpaired) electrons. The Bertz CT molecular complexity index is 1460. The molecule has 2 saturated heterocycles. The molecule has 0 aromatic carbocycles. The molecular formula is C53H88O15. The Morgan fingerprint density at radius 1 is 0.471 bits per heavy atom. The Kier molecular flexibility index (Phi) is 35.6. The minimum absolute atomic E-state index is 0.121. The fourth-order valence-electron chi connectivity index (χ4n) is 7.41. The van der Waals surface area contributed by atoms with Crippen LogP contribution in [0.1, 0.15) is 155 Å². The molecule has 390 valence electrons. The molecule has 7 N–H and O–H groups in total. The predicted octanol–water partition coefficient (Wildman–Crippen LogP) is 7.04. The van der Waals surface area contributed by atoms with Gasteiger partial charge in [0.15, 0.2) is 18.7 Å². The van der Waals surface area contributed by atoms with E-state index in [1.807, 2.05) is 0 Å². The van der Waals surface area contributed by atoms with Gasteiger partial charge in [-0.15, -0.1) is 0 Å². The zero-order chi connectivity index (χ0) is 49.6. The highest BCUT2D eigenvalue weighted by Crippen LogP contribution is 2.26. The third-order valence-corrected chi connectivity index (χ3v) is 11.6. The predicted molar refractivity (Wildman–Crippen MR) is 261 cm³/mol. The molecule has 2 aliphatic rings. The molecule has 2 aliphatic heterocycles. The lowest BCUT2D eigenvalue weighted by Gasteiger charge is -2.42. The smallest absolute Gasteiger partial charge is 0.306 e. The fraction of sp³-hybridized carbons (Fsp3) is 0.736. The van der Waals surface area contributed by atoms with Gasteiger partial charge in [0.1, 0.15) is 55.4 Å². The van der Waals surface area contributed by atoms with Crippen LogP contribution in [0.5, 0.6) is 0 Å². The summed E-state index contributed by atoms with van der Waals surface area (Å²) in [6.07, 6.45) is 29.2. The highest BCUT2D eigenvalue weighted by molar-refractivity contribution is 5.70. The van der Waals surface area contributed by atoms with Gasteiger partial charge in [-0.05, 0) is 83.5 Å². The first-order chi connectivity index (χ1) is 33.0. The Balaban J connectivity index is 1.84. The summed E-state index contributed by atoms with van der Waals surface area (Å²) in [4.78, 5) is 25.7. The standard InChI is InChI=1S/C53H88O15/c1-3-5-7-9-11-13-15-17-19-20-22-24-26-28-30-32-34-36-45(56)66-41(38-63-44(55)35-33-31-29-27-25-23-21-18-16-14-12-10-8-6-4-2)39-64-52-51(62)49(60)47(58)43(68-52)40-65-53-50(61)48(59)46(57)42(37-54)67-53/h7,9,12-15,18-21,24,26,41-43,46-54,57-62H,3-6,8,10-11,16-17,22-23,25,27-40H2,1-2H3/b9-7+,14-12+,15-13+,20-19+,21-18+,26-24+/t41-,42+,43+,46-,47-,48?,49?,50?,51?,52+,53+/m1/s1. The van der Waals surface area contributed by atoms with Crippen LogP contribution in [0.25, 0.3) is 0 Å². The third kappa shape index (κ3) is 27.4. The summed E-state index contributed by atoms with van der Waals surface area (Å²) >= 11 is 0. The molecule has 2 fully saturated rings. The van der Waals surface area contributed by atoms with Crippen molar-refractivity contribution in [3.05, 3.63) is 72.9 Å². The number of hydrogen-bond donors (Lipinski definition) is 7. The average Bonchev–Trinajstić information content (AvgIpc) is 3.33. The van der Waals surface area contributed by atoms with E-state index in [1.165, 1.54) is 25.7 Å². The molecule has 4 unspecified atom stereocenters. The van der Waals surface area contributed by atoms with Gasteiger partial charge < -0.3 is 64.2 Å². The molecule has 68 heavy (non-hydrogen) atoms. The van der Waals surface area contributed by atoms with E-state index in [4.69, 9.17) is 28.4 Å². The minimum Gasteiger partial charge on any atom is -0.462 e. The summed E-state index contributed by atoms with van der Waals surface area (Å²) in [5.41, 5.74) is 0. The second kappa shape index (κ2) is 39.6. The quantitative estimate of drug-likeness (QED) is 0.0187. The van der Waals surface area contributed by atoms with Gasteiger partial charge in [0.2, 0.25) is 0 Å². The lowest BCUT2D eigenvalue weighted by molar-refractivity contribution is -0.332. The van der Waals surface area contributed by atoms with Crippen LogP contribution in [0.3, 0.4) is 0 Å². The molecular weight excluding hydrogens is 877 g/mol. The Labute approximate surface area is 406 Å². The molecule has 2 heterocycles. The van der Waals surface area contributed by atoms with Crippen LogP contribution >= 0.6 is 0 Å².